The van der Waals surface area contributed by atoms with E-state index < -0.39 is 11.2 Å². The van der Waals surface area contributed by atoms with E-state index in [1.165, 1.54) is 0 Å². The molecule has 23 heavy (non-hydrogen) atoms. The van der Waals surface area contributed by atoms with E-state index in [4.69, 9.17) is 14.2 Å². The molecule has 0 aromatic heterocycles. The average molecular weight is 316 g/mol. The van der Waals surface area contributed by atoms with Gasteiger partial charge in [-0.1, -0.05) is 25.0 Å². The first-order valence-corrected chi connectivity index (χ1v) is 8.76. The van der Waals surface area contributed by atoms with Crippen molar-refractivity contribution in [1.82, 2.24) is 0 Å². The first-order valence-electron chi connectivity index (χ1n) is 8.76. The van der Waals surface area contributed by atoms with Gasteiger partial charge in [0, 0.05) is 0 Å². The zero-order valence-electron chi connectivity index (χ0n) is 13.7. The maximum Gasteiger partial charge on any atom is 0.342 e. The van der Waals surface area contributed by atoms with Crippen LogP contribution in [0.15, 0.2) is 24.3 Å². The van der Waals surface area contributed by atoms with E-state index in [-0.39, 0.29) is 12.1 Å². The minimum atomic E-state index is -0.756. The Kier molecular flexibility index (Phi) is 3.60. The van der Waals surface area contributed by atoms with Gasteiger partial charge >= 0.3 is 5.97 Å². The van der Waals surface area contributed by atoms with Crippen LogP contribution in [0.2, 0.25) is 0 Å². The van der Waals surface area contributed by atoms with E-state index in [1.807, 2.05) is 24.3 Å². The molecule has 0 N–H and O–H groups in total. The molecule has 2 aliphatic carbocycles. The van der Waals surface area contributed by atoms with E-state index in [2.05, 4.69) is 0 Å². The van der Waals surface area contributed by atoms with Gasteiger partial charge in [0.1, 0.15) is 17.5 Å². The van der Waals surface area contributed by atoms with Crippen molar-refractivity contribution in [1.29, 1.82) is 0 Å². The average Bonchev–Trinajstić information content (AvgIpc) is 3.22. The van der Waals surface area contributed by atoms with Crippen LogP contribution in [0.1, 0.15) is 56.9 Å². The van der Waals surface area contributed by atoms with Crippen LogP contribution in [0.5, 0.6) is 5.75 Å². The molecule has 1 heterocycles. The maximum atomic E-state index is 12.8. The highest BCUT2D eigenvalue weighted by Crippen LogP contribution is 2.63. The summed E-state index contributed by atoms with van der Waals surface area (Å²) in [5, 5.41) is 0. The minimum Gasteiger partial charge on any atom is -0.497 e. The second-order valence-electron chi connectivity index (χ2n) is 7.00. The second kappa shape index (κ2) is 5.52. The van der Waals surface area contributed by atoms with Crippen molar-refractivity contribution >= 4 is 5.97 Å². The van der Waals surface area contributed by atoms with Gasteiger partial charge in [-0.15, -0.1) is 0 Å². The molecule has 1 aromatic rings. The first-order chi connectivity index (χ1) is 11.2. The Morgan fingerprint density at radius 2 is 1.83 bits per heavy atom. The van der Waals surface area contributed by atoms with Crippen molar-refractivity contribution < 1.29 is 19.0 Å². The molecule has 1 aromatic carbocycles. The fourth-order valence-corrected chi connectivity index (χ4v) is 4.04. The van der Waals surface area contributed by atoms with Gasteiger partial charge in [0.15, 0.2) is 5.60 Å². The summed E-state index contributed by atoms with van der Waals surface area (Å²) in [6.07, 6.45) is 8.19. The number of hydrogen-bond donors (Lipinski definition) is 0. The standard InChI is InChI=1S/C19H24O4/c1-21-15-10-8-14(9-11-15)18-12-3-2-4-13-19(18,23-18)17(20)22-16-6-5-7-16/h8-11,16H,2-7,12-13H2,1H3. The van der Waals surface area contributed by atoms with Gasteiger partial charge in [-0.3, -0.25) is 0 Å². The fourth-order valence-electron chi connectivity index (χ4n) is 4.04. The minimum absolute atomic E-state index is 0.109. The number of esters is 1. The molecule has 2 unspecified atom stereocenters. The van der Waals surface area contributed by atoms with Crippen LogP contribution in [0.3, 0.4) is 0 Å². The smallest absolute Gasteiger partial charge is 0.342 e. The lowest BCUT2D eigenvalue weighted by Gasteiger charge is -2.27. The highest BCUT2D eigenvalue weighted by molar-refractivity contribution is 5.86. The van der Waals surface area contributed by atoms with E-state index in [0.29, 0.717) is 0 Å². The zero-order chi connectivity index (χ0) is 15.9. The molecule has 0 amide bonds. The van der Waals surface area contributed by atoms with Crippen molar-refractivity contribution in [2.75, 3.05) is 7.11 Å². The molecule has 0 spiro atoms. The van der Waals surface area contributed by atoms with Crippen LogP contribution in [-0.2, 0) is 19.9 Å². The van der Waals surface area contributed by atoms with Gasteiger partial charge in [0.05, 0.1) is 7.11 Å². The maximum absolute atomic E-state index is 12.8. The Hall–Kier alpha value is -1.55. The fraction of sp³-hybridized carbons (Fsp3) is 0.632. The van der Waals surface area contributed by atoms with Crippen molar-refractivity contribution in [3.63, 3.8) is 0 Å². The summed E-state index contributed by atoms with van der Waals surface area (Å²) in [7, 11) is 1.66. The summed E-state index contributed by atoms with van der Waals surface area (Å²) in [5.41, 5.74) is -0.171. The number of carbonyl (C=O) groups is 1. The Morgan fingerprint density at radius 3 is 2.48 bits per heavy atom. The molecule has 4 rings (SSSR count). The second-order valence-corrected chi connectivity index (χ2v) is 7.00. The van der Waals surface area contributed by atoms with Gasteiger partial charge in [0.25, 0.3) is 0 Å². The molecule has 1 saturated heterocycles. The number of methoxy groups -OCH3 is 1. The molecular weight excluding hydrogens is 292 g/mol. The zero-order valence-corrected chi connectivity index (χ0v) is 13.7. The number of fused-ring (bicyclic) bond motifs is 1. The molecule has 0 bridgehead atoms. The molecule has 3 fully saturated rings. The number of carbonyl (C=O) groups excluding carboxylic acids is 1. The number of ether oxygens (including phenoxy) is 3. The van der Waals surface area contributed by atoms with E-state index in [9.17, 15) is 4.79 Å². The van der Waals surface area contributed by atoms with Crippen LogP contribution in [0.4, 0.5) is 0 Å². The van der Waals surface area contributed by atoms with E-state index in [1.54, 1.807) is 7.11 Å². The van der Waals surface area contributed by atoms with Crippen LogP contribution in [0, 0.1) is 0 Å². The molecule has 4 heteroatoms. The van der Waals surface area contributed by atoms with Crippen molar-refractivity contribution in [2.45, 2.75) is 68.7 Å². The largest absolute Gasteiger partial charge is 0.497 e. The van der Waals surface area contributed by atoms with Crippen LogP contribution in [0.25, 0.3) is 0 Å². The highest BCUT2D eigenvalue weighted by atomic mass is 16.7. The SMILES string of the molecule is COc1ccc(C23CCCCCC2(C(=O)OC2CCC2)O3)cc1. The van der Waals surface area contributed by atoms with Gasteiger partial charge in [-0.05, 0) is 56.2 Å². The van der Waals surface area contributed by atoms with Crippen molar-refractivity contribution in [2.24, 2.45) is 0 Å². The lowest BCUT2D eigenvalue weighted by atomic mass is 9.82. The number of benzene rings is 1. The summed E-state index contributed by atoms with van der Waals surface area (Å²) in [5.74, 6) is 0.682. The third-order valence-electron chi connectivity index (χ3n) is 5.73. The highest BCUT2D eigenvalue weighted by Gasteiger charge is 2.76. The Bertz CT molecular complexity index is 592. The molecule has 0 radical (unpaired) electrons. The van der Waals surface area contributed by atoms with Crippen molar-refractivity contribution in [3.8, 4) is 5.75 Å². The topological polar surface area (TPSA) is 48.1 Å². The predicted octanol–water partition coefficient (Wildman–Crippen LogP) is 3.72. The summed E-state index contributed by atoms with van der Waals surface area (Å²) >= 11 is 0. The third-order valence-corrected chi connectivity index (χ3v) is 5.73. The Morgan fingerprint density at radius 1 is 1.09 bits per heavy atom. The molecule has 2 atom stereocenters. The van der Waals surface area contributed by atoms with Gasteiger partial charge in [-0.2, -0.15) is 0 Å². The quantitative estimate of drug-likeness (QED) is 0.627. The summed E-state index contributed by atoms with van der Waals surface area (Å²) in [6.45, 7) is 0. The molecule has 1 aliphatic heterocycles. The van der Waals surface area contributed by atoms with Gasteiger partial charge < -0.3 is 14.2 Å². The van der Waals surface area contributed by atoms with Crippen LogP contribution >= 0.6 is 0 Å². The normalized spacial score (nSPS) is 33.1. The first kappa shape index (κ1) is 15.0. The van der Waals surface area contributed by atoms with Gasteiger partial charge in [-0.25, -0.2) is 4.79 Å². The lowest BCUT2D eigenvalue weighted by Crippen LogP contribution is -2.38. The number of hydrogen-bond acceptors (Lipinski definition) is 4. The van der Waals surface area contributed by atoms with E-state index in [0.717, 1.165) is 62.7 Å². The predicted molar refractivity (Wildman–Crippen MR) is 85.3 cm³/mol. The Balaban J connectivity index is 1.62. The van der Waals surface area contributed by atoms with Crippen molar-refractivity contribution in [3.05, 3.63) is 29.8 Å². The summed E-state index contributed by atoms with van der Waals surface area (Å²) < 4.78 is 17.2. The summed E-state index contributed by atoms with van der Waals surface area (Å²) in [6, 6.07) is 7.95. The third kappa shape index (κ3) is 2.26. The lowest BCUT2D eigenvalue weighted by molar-refractivity contribution is -0.160. The van der Waals surface area contributed by atoms with E-state index >= 15 is 0 Å². The molecule has 2 saturated carbocycles. The number of rotatable bonds is 4. The molecule has 4 nitrogen and oxygen atoms in total. The molecular formula is C19H24O4. The monoisotopic (exact) mass is 316 g/mol. The van der Waals surface area contributed by atoms with Crippen LogP contribution < -0.4 is 4.74 Å². The molecule has 124 valence electrons. The van der Waals surface area contributed by atoms with Gasteiger partial charge in [0.2, 0.25) is 0 Å². The Labute approximate surface area is 137 Å². The molecule has 3 aliphatic rings. The number of epoxide rings is 1. The summed E-state index contributed by atoms with van der Waals surface area (Å²) in [4.78, 5) is 12.8. The van der Waals surface area contributed by atoms with Crippen LogP contribution in [-0.4, -0.2) is 24.8 Å².